The number of carbonyl (C=O) groups excluding carboxylic acids is 1. The second kappa shape index (κ2) is 8.22. The van der Waals surface area contributed by atoms with Gasteiger partial charge >= 0.3 is 0 Å². The number of fused-ring (bicyclic) bond motifs is 2. The van der Waals surface area contributed by atoms with Crippen molar-refractivity contribution in [2.45, 2.75) is 77.6 Å². The van der Waals surface area contributed by atoms with Gasteiger partial charge < -0.3 is 4.90 Å². The first-order chi connectivity index (χ1) is 17.5. The van der Waals surface area contributed by atoms with Gasteiger partial charge in [-0.1, -0.05) is 19.8 Å². The fraction of sp³-hybridized carbons (Fsp3) is 0.517. The monoisotopic (exact) mass is 485 g/mol. The average Bonchev–Trinajstić information content (AvgIpc) is 3.16. The number of halogens is 1. The molecule has 0 bridgehead atoms. The van der Waals surface area contributed by atoms with Crippen LogP contribution in [0, 0.1) is 11.3 Å². The van der Waals surface area contributed by atoms with Gasteiger partial charge in [-0.3, -0.25) is 14.5 Å². The van der Waals surface area contributed by atoms with E-state index in [0.717, 1.165) is 41.0 Å². The third kappa shape index (κ3) is 3.84. The Hall–Kier alpha value is -3.09. The van der Waals surface area contributed by atoms with Crippen LogP contribution in [0.15, 0.2) is 30.7 Å². The first kappa shape index (κ1) is 22.1. The number of aryl methyl sites for hydroxylation is 1. The molecule has 4 heterocycles. The summed E-state index contributed by atoms with van der Waals surface area (Å²) >= 11 is 0. The number of hydrogen-bond donors (Lipinski definition) is 0. The molecule has 2 fully saturated rings. The molecular formula is C29H32FN5O. The molecule has 0 aromatic carbocycles. The van der Waals surface area contributed by atoms with Gasteiger partial charge in [-0.2, -0.15) is 5.10 Å². The number of hydrogen-bond acceptors (Lipinski definition) is 4. The third-order valence-electron chi connectivity index (χ3n) is 8.67. The Morgan fingerprint density at radius 1 is 1.08 bits per heavy atom. The van der Waals surface area contributed by atoms with Gasteiger partial charge in [0.15, 0.2) is 0 Å². The van der Waals surface area contributed by atoms with Gasteiger partial charge in [0.2, 0.25) is 0 Å². The average molecular weight is 486 g/mol. The van der Waals surface area contributed by atoms with Crippen molar-refractivity contribution in [1.82, 2.24) is 24.6 Å². The van der Waals surface area contributed by atoms with E-state index in [1.54, 1.807) is 6.20 Å². The maximum Gasteiger partial charge on any atom is 0.256 e. The number of alkyl halides is 1. The third-order valence-corrected chi connectivity index (χ3v) is 8.67. The summed E-state index contributed by atoms with van der Waals surface area (Å²) in [6.45, 7) is 4.64. The number of rotatable bonds is 6. The lowest BCUT2D eigenvalue weighted by Crippen LogP contribution is -2.26. The van der Waals surface area contributed by atoms with E-state index in [9.17, 15) is 9.18 Å². The van der Waals surface area contributed by atoms with Crippen molar-refractivity contribution in [1.29, 1.82) is 0 Å². The Morgan fingerprint density at radius 2 is 1.92 bits per heavy atom. The number of nitrogens with zero attached hydrogens (tertiary/aromatic N) is 5. The van der Waals surface area contributed by atoms with E-state index in [4.69, 9.17) is 10.1 Å². The fourth-order valence-electron chi connectivity index (χ4n) is 6.38. The molecule has 1 unspecified atom stereocenters. The van der Waals surface area contributed by atoms with Crippen LogP contribution in [-0.2, 0) is 19.5 Å². The van der Waals surface area contributed by atoms with Crippen LogP contribution in [0.2, 0.25) is 0 Å². The molecule has 3 aromatic heterocycles. The van der Waals surface area contributed by atoms with Crippen molar-refractivity contribution >= 4 is 5.91 Å². The SMILES string of the molecule is CC1(Cn2cc(-c3cc4c(nc3-c3cnc5c(c3)C(=O)N(CC3CC3)C5)C(F)CC4)cn2)CCCC1. The van der Waals surface area contributed by atoms with Crippen molar-refractivity contribution in [2.24, 2.45) is 11.3 Å². The first-order valence-corrected chi connectivity index (χ1v) is 13.5. The van der Waals surface area contributed by atoms with Crippen LogP contribution < -0.4 is 0 Å². The maximum atomic E-state index is 14.7. The second-order valence-electron chi connectivity index (χ2n) is 11.7. The lowest BCUT2D eigenvalue weighted by Gasteiger charge is -2.23. The Kier molecular flexibility index (Phi) is 5.05. The second-order valence-corrected chi connectivity index (χ2v) is 11.7. The molecule has 1 aliphatic heterocycles. The molecule has 0 saturated heterocycles. The van der Waals surface area contributed by atoms with Crippen LogP contribution in [-0.4, -0.2) is 37.1 Å². The summed E-state index contributed by atoms with van der Waals surface area (Å²) in [5.74, 6) is 0.687. The molecule has 0 N–H and O–H groups in total. The summed E-state index contributed by atoms with van der Waals surface area (Å²) < 4.78 is 16.8. The highest BCUT2D eigenvalue weighted by molar-refractivity contribution is 5.99. The molecule has 0 radical (unpaired) electrons. The zero-order chi connectivity index (χ0) is 24.4. The van der Waals surface area contributed by atoms with E-state index in [1.165, 1.54) is 38.5 Å². The van der Waals surface area contributed by atoms with Crippen molar-refractivity contribution in [2.75, 3.05) is 6.54 Å². The summed E-state index contributed by atoms with van der Waals surface area (Å²) in [6, 6.07) is 4.01. The minimum absolute atomic E-state index is 0.0509. The minimum Gasteiger partial charge on any atom is -0.332 e. The van der Waals surface area contributed by atoms with Gasteiger partial charge in [-0.05, 0) is 67.6 Å². The molecule has 0 spiro atoms. The molecule has 186 valence electrons. The molecule has 3 aromatic rings. The van der Waals surface area contributed by atoms with E-state index < -0.39 is 6.17 Å². The van der Waals surface area contributed by atoms with Crippen molar-refractivity contribution < 1.29 is 9.18 Å². The highest BCUT2D eigenvalue weighted by Crippen LogP contribution is 2.42. The van der Waals surface area contributed by atoms with Crippen LogP contribution >= 0.6 is 0 Å². The van der Waals surface area contributed by atoms with E-state index in [-0.39, 0.29) is 5.91 Å². The Labute approximate surface area is 210 Å². The van der Waals surface area contributed by atoms with Crippen molar-refractivity contribution in [3.63, 3.8) is 0 Å². The van der Waals surface area contributed by atoms with Crippen LogP contribution in [0.3, 0.4) is 0 Å². The molecule has 6 nitrogen and oxygen atoms in total. The lowest BCUT2D eigenvalue weighted by atomic mass is 9.89. The summed E-state index contributed by atoms with van der Waals surface area (Å²) in [4.78, 5) is 24.6. The van der Waals surface area contributed by atoms with Gasteiger partial charge in [-0.25, -0.2) is 9.37 Å². The van der Waals surface area contributed by atoms with E-state index in [0.29, 0.717) is 47.7 Å². The highest BCUT2D eigenvalue weighted by atomic mass is 19.1. The molecule has 7 heteroatoms. The quantitative estimate of drug-likeness (QED) is 0.435. The van der Waals surface area contributed by atoms with Crippen LogP contribution in [0.4, 0.5) is 4.39 Å². The van der Waals surface area contributed by atoms with Crippen molar-refractivity contribution in [3.8, 4) is 22.4 Å². The maximum absolute atomic E-state index is 14.7. The van der Waals surface area contributed by atoms with Gasteiger partial charge in [0.1, 0.15) is 6.17 Å². The molecule has 7 rings (SSSR count). The number of aromatic nitrogens is 4. The van der Waals surface area contributed by atoms with Crippen molar-refractivity contribution in [3.05, 3.63) is 53.2 Å². The minimum atomic E-state index is -1.05. The van der Waals surface area contributed by atoms with Crippen LogP contribution in [0.1, 0.15) is 85.4 Å². The van der Waals surface area contributed by atoms with Gasteiger partial charge in [-0.15, -0.1) is 0 Å². The fourth-order valence-corrected chi connectivity index (χ4v) is 6.38. The molecular weight excluding hydrogens is 453 g/mol. The number of carbonyl (C=O) groups is 1. The Morgan fingerprint density at radius 3 is 2.72 bits per heavy atom. The van der Waals surface area contributed by atoms with Crippen LogP contribution in [0.25, 0.3) is 22.4 Å². The summed E-state index contributed by atoms with van der Waals surface area (Å²) in [5, 5.41) is 4.70. The Balaban J connectivity index is 1.27. The highest BCUT2D eigenvalue weighted by Gasteiger charge is 2.34. The molecule has 1 amide bonds. The summed E-state index contributed by atoms with van der Waals surface area (Å²) in [7, 11) is 0. The van der Waals surface area contributed by atoms with Gasteiger partial charge in [0.25, 0.3) is 5.91 Å². The normalized spacial score (nSPS) is 22.3. The smallest absolute Gasteiger partial charge is 0.256 e. The van der Waals surface area contributed by atoms with Gasteiger partial charge in [0.05, 0.1) is 35.4 Å². The zero-order valence-corrected chi connectivity index (χ0v) is 20.8. The van der Waals surface area contributed by atoms with E-state index in [2.05, 4.69) is 28.9 Å². The molecule has 4 aliphatic rings. The van der Waals surface area contributed by atoms with Gasteiger partial charge in [0, 0.05) is 42.2 Å². The number of amides is 1. The topological polar surface area (TPSA) is 63.9 Å². The summed E-state index contributed by atoms with van der Waals surface area (Å²) in [6.07, 6.45) is 13.4. The molecule has 36 heavy (non-hydrogen) atoms. The standard InChI is InChI=1S/C29H32FN5O/c1-29(8-2-3-9-29)17-35-15-21(13-32-35)22-10-19-6-7-24(30)27(19)33-26(22)20-11-23-25(31-12-20)16-34(28(23)36)14-18-4-5-18/h10-13,15,18,24H,2-9,14,16-17H2,1H3. The lowest BCUT2D eigenvalue weighted by molar-refractivity contribution is 0.0770. The molecule has 2 saturated carbocycles. The number of pyridine rings is 2. The predicted octanol–water partition coefficient (Wildman–Crippen LogP) is 5.91. The van der Waals surface area contributed by atoms with E-state index in [1.807, 2.05) is 17.2 Å². The van der Waals surface area contributed by atoms with E-state index >= 15 is 0 Å². The zero-order valence-electron chi connectivity index (χ0n) is 20.8. The predicted molar refractivity (Wildman–Crippen MR) is 135 cm³/mol. The summed E-state index contributed by atoms with van der Waals surface area (Å²) in [5.41, 5.74) is 6.64. The van der Waals surface area contributed by atoms with Crippen LogP contribution in [0.5, 0.6) is 0 Å². The molecule has 1 atom stereocenters. The Bertz CT molecular complexity index is 1350. The molecule has 3 aliphatic carbocycles. The largest absolute Gasteiger partial charge is 0.332 e. The first-order valence-electron chi connectivity index (χ1n) is 13.5.